The molecule has 0 aliphatic heterocycles. The first kappa shape index (κ1) is 52.8. The number of imidazole rings is 1. The van der Waals surface area contributed by atoms with E-state index in [1.807, 2.05) is 36.5 Å². The number of ether oxygens (including phenoxy) is 1. The molecule has 4 heterocycles. The predicted octanol–water partition coefficient (Wildman–Crippen LogP) is 18.8. The van der Waals surface area contributed by atoms with Gasteiger partial charge in [0, 0.05) is 44.1 Å². The molecule has 0 bridgehead atoms. The Bertz CT molecular complexity index is 4420. The third-order valence-electron chi connectivity index (χ3n) is 18.4. The van der Waals surface area contributed by atoms with Gasteiger partial charge in [0.2, 0.25) is 0 Å². The molecule has 8 aromatic carbocycles. The fourth-order valence-corrected chi connectivity index (χ4v) is 13.4. The number of furan rings is 1. The Morgan fingerprint density at radius 3 is 1.84 bits per heavy atom. The molecule has 14 rings (SSSR count). The normalized spacial score (nSPS) is 16.2. The van der Waals surface area contributed by atoms with Crippen LogP contribution in [0.5, 0.6) is 11.5 Å². The zero-order valence-electron chi connectivity index (χ0n) is 48.3. The monoisotopic (exact) mass is 1240 g/mol. The molecule has 7 heteroatoms. The molecule has 12 aromatic rings. The second kappa shape index (κ2) is 18.8. The maximum Gasteiger partial charge on any atom is 0.268 e. The molecule has 81 heavy (non-hydrogen) atoms. The van der Waals surface area contributed by atoms with Crippen molar-refractivity contribution in [2.45, 2.75) is 129 Å². The number of pyridine rings is 1. The van der Waals surface area contributed by atoms with E-state index in [1.165, 1.54) is 51.8 Å². The SMILES string of the molecule is CC(C)(C)c1ccnc(-n2c3[c-]c(Oc4[c-]c(-n5[c-][n+](-c6c(-c7ccc8c(c7)C(C)(C)CCC8(C)C)cccc6-c6ccc7c(c6)C(C)(C)CCC7(C)C)c6ccccc65)ccc4)ccc3c3ccc4oc5ccccc5c4c32)c1.[Pt]. The van der Waals surface area contributed by atoms with Gasteiger partial charge in [-0.15, -0.1) is 29.7 Å². The molecule has 408 valence electrons. The van der Waals surface area contributed by atoms with Crippen LogP contribution in [0.1, 0.15) is 130 Å². The van der Waals surface area contributed by atoms with Crippen LogP contribution in [0.3, 0.4) is 0 Å². The van der Waals surface area contributed by atoms with E-state index in [9.17, 15) is 0 Å². The maximum atomic E-state index is 6.87. The molecule has 2 aliphatic rings. The van der Waals surface area contributed by atoms with Crippen molar-refractivity contribution in [1.29, 1.82) is 0 Å². The summed E-state index contributed by atoms with van der Waals surface area (Å²) in [7, 11) is 0. The Balaban J connectivity index is 0.00000618. The Hall–Kier alpha value is -7.53. The van der Waals surface area contributed by atoms with Gasteiger partial charge in [0.05, 0.1) is 27.6 Å². The van der Waals surface area contributed by atoms with Crippen molar-refractivity contribution < 1.29 is 34.8 Å². The number of aromatic nitrogens is 4. The van der Waals surface area contributed by atoms with Crippen LogP contribution >= 0.6 is 0 Å². The molecule has 0 fully saturated rings. The Morgan fingerprint density at radius 1 is 0.556 bits per heavy atom. The van der Waals surface area contributed by atoms with Crippen LogP contribution in [0.4, 0.5) is 0 Å². The largest absolute Gasteiger partial charge is 0.510 e. The smallest absolute Gasteiger partial charge is 0.268 e. The maximum absolute atomic E-state index is 6.87. The number of rotatable bonds is 7. The van der Waals surface area contributed by atoms with Gasteiger partial charge in [-0.05, 0) is 138 Å². The van der Waals surface area contributed by atoms with E-state index in [0.29, 0.717) is 11.5 Å². The summed E-state index contributed by atoms with van der Waals surface area (Å²) in [5, 5.41) is 4.23. The average molecular weight is 1240 g/mol. The molecule has 0 amide bonds. The molecular formula is C74H68N4O2Pt-2. The number of para-hydroxylation sites is 4. The van der Waals surface area contributed by atoms with E-state index in [2.05, 4.69) is 236 Å². The molecule has 0 spiro atoms. The number of benzene rings is 8. The van der Waals surface area contributed by atoms with Gasteiger partial charge >= 0.3 is 0 Å². The predicted molar refractivity (Wildman–Crippen MR) is 327 cm³/mol. The average Bonchev–Trinajstić information content (AvgIpc) is 4.31. The van der Waals surface area contributed by atoms with Crippen molar-refractivity contribution >= 4 is 54.8 Å². The molecule has 0 saturated heterocycles. The van der Waals surface area contributed by atoms with Crippen LogP contribution < -0.4 is 9.30 Å². The minimum absolute atomic E-state index is 0. The van der Waals surface area contributed by atoms with Gasteiger partial charge in [0.1, 0.15) is 17.0 Å². The van der Waals surface area contributed by atoms with Crippen molar-refractivity contribution in [1.82, 2.24) is 14.1 Å². The van der Waals surface area contributed by atoms with Crippen molar-refractivity contribution in [3.8, 4) is 50.9 Å². The molecule has 0 radical (unpaired) electrons. The van der Waals surface area contributed by atoms with E-state index >= 15 is 0 Å². The van der Waals surface area contributed by atoms with Crippen molar-refractivity contribution in [2.75, 3.05) is 0 Å². The number of hydrogen-bond donors (Lipinski definition) is 0. The first-order chi connectivity index (χ1) is 38.2. The molecule has 0 unspecified atom stereocenters. The standard InChI is InChI=1S/C74H68N4O2.Pt/c1-70(2,3)48-34-39-75-66(42-48)78-63-44-51(28-29-54(63)55-30-33-65-67(69(55)78)56-20-12-15-25-64(56)80-65)79-50-19-16-18-49(43-50)76-45-77(62-24-14-13-23-61(62)76)68-52(46-26-31-57-59(40-46)73(8,9)37-35-71(57,4)5)21-17-22-53(68)47-27-32-58-60(41-47)74(10,11)38-36-72(58,6)7;/h12-34,39-42H,35-38H2,1-11H3;/q-2;. The van der Waals surface area contributed by atoms with Crippen LogP contribution in [-0.4, -0.2) is 14.1 Å². The molecule has 2 aliphatic carbocycles. The van der Waals surface area contributed by atoms with Gasteiger partial charge in [0.25, 0.3) is 6.33 Å². The summed E-state index contributed by atoms with van der Waals surface area (Å²) in [4.78, 5) is 5.03. The summed E-state index contributed by atoms with van der Waals surface area (Å²) in [5.41, 5.74) is 19.4. The van der Waals surface area contributed by atoms with E-state index < -0.39 is 0 Å². The van der Waals surface area contributed by atoms with Gasteiger partial charge < -0.3 is 18.3 Å². The molecule has 4 aromatic heterocycles. The van der Waals surface area contributed by atoms with E-state index in [0.717, 1.165) is 95.9 Å². The zero-order valence-corrected chi connectivity index (χ0v) is 50.6. The Morgan fingerprint density at radius 2 is 1.16 bits per heavy atom. The molecular weight excluding hydrogens is 1170 g/mol. The first-order valence-electron chi connectivity index (χ1n) is 28.6. The van der Waals surface area contributed by atoms with Crippen molar-refractivity contribution in [3.63, 3.8) is 0 Å². The number of fused-ring (bicyclic) bond motifs is 10. The Labute approximate surface area is 490 Å². The first-order valence-corrected chi connectivity index (χ1v) is 28.6. The van der Waals surface area contributed by atoms with Crippen LogP contribution in [0.2, 0.25) is 0 Å². The van der Waals surface area contributed by atoms with Crippen molar-refractivity contribution in [2.24, 2.45) is 0 Å². The number of nitrogens with zero attached hydrogens (tertiary/aromatic N) is 4. The van der Waals surface area contributed by atoms with E-state index in [-0.39, 0.29) is 48.1 Å². The summed E-state index contributed by atoms with van der Waals surface area (Å²) in [6.45, 7) is 26.0. The summed E-state index contributed by atoms with van der Waals surface area (Å²) >= 11 is 0. The fraction of sp³-hybridized carbons (Fsp3) is 0.270. The quantitative estimate of drug-likeness (QED) is 0.118. The van der Waals surface area contributed by atoms with Crippen molar-refractivity contribution in [3.05, 3.63) is 210 Å². The minimum Gasteiger partial charge on any atom is -0.510 e. The zero-order chi connectivity index (χ0) is 55.3. The second-order valence-electron chi connectivity index (χ2n) is 26.5. The molecule has 0 atom stereocenters. The van der Waals surface area contributed by atoms with Crippen LogP contribution in [0.25, 0.3) is 94.2 Å². The van der Waals surface area contributed by atoms with Gasteiger partial charge in [-0.3, -0.25) is 4.57 Å². The van der Waals surface area contributed by atoms with Gasteiger partial charge in [-0.1, -0.05) is 185 Å². The third-order valence-corrected chi connectivity index (χ3v) is 18.4. The summed E-state index contributed by atoms with van der Waals surface area (Å²) in [6.07, 6.45) is 10.5. The van der Waals surface area contributed by atoms with Crippen LogP contribution in [-0.2, 0) is 48.1 Å². The summed E-state index contributed by atoms with van der Waals surface area (Å²) in [6, 6.07) is 64.6. The second-order valence-corrected chi connectivity index (χ2v) is 26.5. The van der Waals surface area contributed by atoms with Crippen LogP contribution in [0.15, 0.2) is 168 Å². The number of hydrogen-bond acceptors (Lipinski definition) is 3. The topological polar surface area (TPSA) is 49.0 Å². The minimum atomic E-state index is -0.0899. The van der Waals surface area contributed by atoms with Crippen LogP contribution in [0, 0.1) is 18.5 Å². The Kier molecular flexibility index (Phi) is 12.2. The third kappa shape index (κ3) is 8.61. The van der Waals surface area contributed by atoms with Gasteiger partial charge in [-0.2, -0.15) is 18.2 Å². The van der Waals surface area contributed by atoms with E-state index in [4.69, 9.17) is 14.1 Å². The van der Waals surface area contributed by atoms with Gasteiger partial charge in [-0.25, -0.2) is 4.98 Å². The molecule has 6 nitrogen and oxygen atoms in total. The van der Waals surface area contributed by atoms with E-state index in [1.54, 1.807) is 0 Å². The summed E-state index contributed by atoms with van der Waals surface area (Å²) in [5.74, 6) is 1.94. The fourth-order valence-electron chi connectivity index (χ4n) is 13.4. The summed E-state index contributed by atoms with van der Waals surface area (Å²) < 4.78 is 20.0. The molecule has 0 N–H and O–H groups in total. The van der Waals surface area contributed by atoms with Gasteiger partial charge in [0.15, 0.2) is 0 Å². The molecule has 0 saturated carbocycles.